The molecule has 2 rings (SSSR count). The lowest BCUT2D eigenvalue weighted by Crippen LogP contribution is -2.53. The zero-order chi connectivity index (χ0) is 13.9. The average molecular weight is 266 g/mol. The van der Waals surface area contributed by atoms with Gasteiger partial charge in [0.15, 0.2) is 0 Å². The summed E-state index contributed by atoms with van der Waals surface area (Å²) >= 11 is 0. The van der Waals surface area contributed by atoms with Gasteiger partial charge in [0.25, 0.3) is 0 Å². The van der Waals surface area contributed by atoms with Crippen molar-refractivity contribution < 1.29 is 9.13 Å². The van der Waals surface area contributed by atoms with Gasteiger partial charge in [-0.3, -0.25) is 4.90 Å². The molecule has 0 aromatic heterocycles. The third-order valence-electron chi connectivity index (χ3n) is 3.83. The molecule has 106 valence electrons. The lowest BCUT2D eigenvalue weighted by molar-refractivity contribution is -0.0518. The van der Waals surface area contributed by atoms with Crippen LogP contribution in [0.3, 0.4) is 0 Å². The van der Waals surface area contributed by atoms with Crippen LogP contribution in [0.25, 0.3) is 0 Å². The van der Waals surface area contributed by atoms with Crippen LogP contribution in [0, 0.1) is 5.82 Å². The van der Waals surface area contributed by atoms with E-state index in [1.54, 1.807) is 12.1 Å². The molecule has 1 fully saturated rings. The highest BCUT2D eigenvalue weighted by atomic mass is 19.1. The van der Waals surface area contributed by atoms with Crippen molar-refractivity contribution >= 4 is 0 Å². The number of benzene rings is 1. The van der Waals surface area contributed by atoms with Gasteiger partial charge in [-0.1, -0.05) is 18.2 Å². The maximum Gasteiger partial charge on any atom is 0.127 e. The predicted octanol–water partition coefficient (Wildman–Crippen LogP) is 2.33. The lowest BCUT2D eigenvalue weighted by Gasteiger charge is -2.42. The largest absolute Gasteiger partial charge is 0.378 e. The Morgan fingerprint density at radius 1 is 1.42 bits per heavy atom. The molecule has 1 atom stereocenters. The number of morpholine rings is 1. The van der Waals surface area contributed by atoms with E-state index in [1.165, 1.54) is 6.07 Å². The number of hydrogen-bond donors (Lipinski definition) is 1. The average Bonchev–Trinajstić information content (AvgIpc) is 2.37. The van der Waals surface area contributed by atoms with Gasteiger partial charge in [0.2, 0.25) is 0 Å². The predicted molar refractivity (Wildman–Crippen MR) is 74.4 cm³/mol. The van der Waals surface area contributed by atoms with Crippen LogP contribution in [-0.4, -0.2) is 36.7 Å². The Morgan fingerprint density at radius 3 is 2.84 bits per heavy atom. The van der Waals surface area contributed by atoms with Crippen molar-refractivity contribution in [1.29, 1.82) is 0 Å². The van der Waals surface area contributed by atoms with Gasteiger partial charge in [-0.25, -0.2) is 4.39 Å². The van der Waals surface area contributed by atoms with Crippen LogP contribution < -0.4 is 5.73 Å². The molecule has 0 amide bonds. The standard InChI is InChI=1S/C15H23FN2O/c1-15(2)11-19-10-9-18(15)8-7-14(17)12-5-3-4-6-13(12)16/h3-6,14H,7-11,17H2,1-2H3. The van der Waals surface area contributed by atoms with E-state index in [-0.39, 0.29) is 17.4 Å². The molecular weight excluding hydrogens is 243 g/mol. The Bertz CT molecular complexity index is 422. The first kappa shape index (κ1) is 14.4. The molecule has 0 saturated carbocycles. The number of rotatable bonds is 4. The summed E-state index contributed by atoms with van der Waals surface area (Å²) in [7, 11) is 0. The smallest absolute Gasteiger partial charge is 0.127 e. The van der Waals surface area contributed by atoms with Crippen LogP contribution in [0.4, 0.5) is 4.39 Å². The second kappa shape index (κ2) is 5.99. The maximum absolute atomic E-state index is 13.6. The van der Waals surface area contributed by atoms with Crippen molar-refractivity contribution in [3.05, 3.63) is 35.6 Å². The zero-order valence-electron chi connectivity index (χ0n) is 11.7. The molecule has 2 N–H and O–H groups in total. The van der Waals surface area contributed by atoms with Gasteiger partial charge in [0.1, 0.15) is 5.82 Å². The van der Waals surface area contributed by atoms with Crippen LogP contribution in [0.2, 0.25) is 0 Å². The summed E-state index contributed by atoms with van der Waals surface area (Å²) in [5.41, 5.74) is 6.74. The van der Waals surface area contributed by atoms with Crippen LogP contribution in [0.5, 0.6) is 0 Å². The molecule has 1 aliphatic rings. The summed E-state index contributed by atoms with van der Waals surface area (Å²) in [6.45, 7) is 7.62. The molecule has 1 saturated heterocycles. The Hall–Kier alpha value is -0.970. The second-order valence-electron chi connectivity index (χ2n) is 5.77. The van der Waals surface area contributed by atoms with Crippen molar-refractivity contribution in [2.45, 2.75) is 31.8 Å². The lowest BCUT2D eigenvalue weighted by atomic mass is 9.99. The van der Waals surface area contributed by atoms with E-state index in [1.807, 2.05) is 6.07 Å². The van der Waals surface area contributed by atoms with Crippen molar-refractivity contribution in [2.75, 3.05) is 26.3 Å². The molecule has 1 heterocycles. The summed E-state index contributed by atoms with van der Waals surface area (Å²) < 4.78 is 19.1. The minimum atomic E-state index is -0.250. The molecular formula is C15H23FN2O. The van der Waals surface area contributed by atoms with E-state index in [4.69, 9.17) is 10.5 Å². The number of nitrogens with zero attached hydrogens (tertiary/aromatic N) is 1. The van der Waals surface area contributed by atoms with Gasteiger partial charge in [-0.2, -0.15) is 0 Å². The fraction of sp³-hybridized carbons (Fsp3) is 0.600. The van der Waals surface area contributed by atoms with E-state index in [2.05, 4.69) is 18.7 Å². The number of nitrogens with two attached hydrogens (primary N) is 1. The highest BCUT2D eigenvalue weighted by molar-refractivity contribution is 5.20. The van der Waals surface area contributed by atoms with Gasteiger partial charge in [0.05, 0.1) is 13.2 Å². The monoisotopic (exact) mass is 266 g/mol. The molecule has 1 aromatic rings. The van der Waals surface area contributed by atoms with E-state index >= 15 is 0 Å². The van der Waals surface area contributed by atoms with E-state index in [0.29, 0.717) is 5.56 Å². The van der Waals surface area contributed by atoms with Crippen molar-refractivity contribution in [1.82, 2.24) is 4.90 Å². The quantitative estimate of drug-likeness (QED) is 0.909. The van der Waals surface area contributed by atoms with Crippen molar-refractivity contribution in [3.63, 3.8) is 0 Å². The Labute approximate surface area is 114 Å². The topological polar surface area (TPSA) is 38.5 Å². The van der Waals surface area contributed by atoms with Gasteiger partial charge in [0, 0.05) is 30.2 Å². The Balaban J connectivity index is 1.93. The summed E-state index contributed by atoms with van der Waals surface area (Å²) in [6.07, 6.45) is 0.754. The molecule has 1 aromatic carbocycles. The van der Waals surface area contributed by atoms with Gasteiger partial charge >= 0.3 is 0 Å². The highest BCUT2D eigenvalue weighted by Gasteiger charge is 2.30. The summed E-state index contributed by atoms with van der Waals surface area (Å²) in [5, 5.41) is 0. The zero-order valence-corrected chi connectivity index (χ0v) is 11.7. The first-order valence-electron chi connectivity index (χ1n) is 6.83. The third kappa shape index (κ3) is 3.53. The molecule has 3 nitrogen and oxygen atoms in total. The minimum absolute atomic E-state index is 0.0349. The fourth-order valence-electron chi connectivity index (χ4n) is 2.53. The summed E-state index contributed by atoms with van der Waals surface area (Å²) in [6, 6.07) is 6.51. The summed E-state index contributed by atoms with van der Waals surface area (Å²) in [5.74, 6) is -0.212. The van der Waals surface area contributed by atoms with Crippen LogP contribution in [-0.2, 0) is 4.74 Å². The van der Waals surface area contributed by atoms with Crippen molar-refractivity contribution in [3.8, 4) is 0 Å². The molecule has 0 bridgehead atoms. The second-order valence-corrected chi connectivity index (χ2v) is 5.77. The van der Waals surface area contributed by atoms with Crippen LogP contribution in [0.15, 0.2) is 24.3 Å². The highest BCUT2D eigenvalue weighted by Crippen LogP contribution is 2.22. The first-order valence-corrected chi connectivity index (χ1v) is 6.83. The fourth-order valence-corrected chi connectivity index (χ4v) is 2.53. The molecule has 1 aliphatic heterocycles. The van der Waals surface area contributed by atoms with Gasteiger partial charge < -0.3 is 10.5 Å². The number of hydrogen-bond acceptors (Lipinski definition) is 3. The summed E-state index contributed by atoms with van der Waals surface area (Å²) in [4.78, 5) is 2.37. The molecule has 1 unspecified atom stereocenters. The maximum atomic E-state index is 13.6. The molecule has 4 heteroatoms. The molecule has 0 spiro atoms. The molecule has 19 heavy (non-hydrogen) atoms. The van der Waals surface area contributed by atoms with Crippen LogP contribution >= 0.6 is 0 Å². The van der Waals surface area contributed by atoms with E-state index in [0.717, 1.165) is 32.7 Å². The molecule has 0 aliphatic carbocycles. The first-order chi connectivity index (χ1) is 9.00. The number of ether oxygens (including phenoxy) is 1. The van der Waals surface area contributed by atoms with Crippen LogP contribution in [0.1, 0.15) is 31.9 Å². The molecule has 0 radical (unpaired) electrons. The van der Waals surface area contributed by atoms with E-state index in [9.17, 15) is 4.39 Å². The SMILES string of the molecule is CC1(C)COCCN1CCC(N)c1ccccc1F. The van der Waals surface area contributed by atoms with Crippen molar-refractivity contribution in [2.24, 2.45) is 5.73 Å². The Morgan fingerprint density at radius 2 is 2.16 bits per heavy atom. The number of halogens is 1. The van der Waals surface area contributed by atoms with E-state index < -0.39 is 0 Å². The Kier molecular flexibility index (Phi) is 4.55. The normalized spacial score (nSPS) is 21.3. The van der Waals surface area contributed by atoms with Gasteiger partial charge in [-0.05, 0) is 26.3 Å². The van der Waals surface area contributed by atoms with Gasteiger partial charge in [-0.15, -0.1) is 0 Å². The minimum Gasteiger partial charge on any atom is -0.378 e. The third-order valence-corrected chi connectivity index (χ3v) is 3.83.